The minimum absolute atomic E-state index is 0.134. The van der Waals surface area contributed by atoms with E-state index in [0.717, 1.165) is 0 Å². The summed E-state index contributed by atoms with van der Waals surface area (Å²) in [5.41, 5.74) is 1.80. The van der Waals surface area contributed by atoms with Gasteiger partial charge in [-0.25, -0.2) is 17.6 Å². The smallest absolute Gasteiger partial charge is 0.167 e. The number of fused-ring (bicyclic) bond motifs is 3. The third-order valence-electron chi connectivity index (χ3n) is 5.34. The first-order valence-corrected chi connectivity index (χ1v) is 9.31. The second kappa shape index (κ2) is 7.12. The molecule has 0 saturated carbocycles. The zero-order chi connectivity index (χ0) is 19.1. The van der Waals surface area contributed by atoms with E-state index in [1.165, 1.54) is 0 Å². The number of rotatable bonds is 3. The van der Waals surface area contributed by atoms with Crippen LogP contribution in [-0.4, -0.2) is 13.2 Å². The van der Waals surface area contributed by atoms with Crippen LogP contribution in [0.15, 0.2) is 18.2 Å². The minimum Gasteiger partial charge on any atom is -0.376 e. The predicted molar refractivity (Wildman–Crippen MR) is 96.5 cm³/mol. The van der Waals surface area contributed by atoms with E-state index < -0.39 is 23.3 Å². The van der Waals surface area contributed by atoms with Gasteiger partial charge in [-0.15, -0.1) is 0 Å². The van der Waals surface area contributed by atoms with Gasteiger partial charge in [0, 0.05) is 16.7 Å². The van der Waals surface area contributed by atoms with E-state index in [0.29, 0.717) is 61.0 Å². The molecule has 0 bridgehead atoms. The third-order valence-corrected chi connectivity index (χ3v) is 5.34. The quantitative estimate of drug-likeness (QED) is 0.619. The van der Waals surface area contributed by atoms with Crippen LogP contribution in [0.1, 0.15) is 42.0 Å². The van der Waals surface area contributed by atoms with Crippen LogP contribution in [0.3, 0.4) is 0 Å². The van der Waals surface area contributed by atoms with Gasteiger partial charge in [0.05, 0.1) is 13.2 Å². The first-order chi connectivity index (χ1) is 13.0. The Morgan fingerprint density at radius 1 is 0.889 bits per heavy atom. The lowest BCUT2D eigenvalue weighted by Gasteiger charge is -2.25. The van der Waals surface area contributed by atoms with Crippen LogP contribution in [0.25, 0.3) is 16.7 Å². The lowest BCUT2D eigenvalue weighted by atomic mass is 9.81. The fraction of sp³-hybridized carbons (Fsp3) is 0.364. The molecular weight excluding hydrogens is 356 g/mol. The Balaban J connectivity index is 1.91. The fourth-order valence-corrected chi connectivity index (χ4v) is 4.05. The average molecular weight is 376 g/mol. The molecule has 2 aromatic rings. The molecule has 1 nitrogen and oxygen atoms in total. The van der Waals surface area contributed by atoms with Crippen molar-refractivity contribution in [1.29, 1.82) is 0 Å². The van der Waals surface area contributed by atoms with Crippen molar-refractivity contribution >= 4 is 5.57 Å². The molecule has 0 unspecified atom stereocenters. The van der Waals surface area contributed by atoms with Gasteiger partial charge < -0.3 is 4.74 Å². The molecule has 2 aliphatic rings. The Bertz CT molecular complexity index is 946. The van der Waals surface area contributed by atoms with Gasteiger partial charge in [0.2, 0.25) is 0 Å². The number of ether oxygens (including phenoxy) is 1. The monoisotopic (exact) mass is 376 g/mol. The molecule has 0 atom stereocenters. The molecule has 0 spiro atoms. The highest BCUT2D eigenvalue weighted by atomic mass is 19.2. The summed E-state index contributed by atoms with van der Waals surface area (Å²) < 4.78 is 64.4. The average Bonchev–Trinajstić information content (AvgIpc) is 2.69. The lowest BCUT2D eigenvalue weighted by Crippen LogP contribution is -2.14. The van der Waals surface area contributed by atoms with E-state index in [4.69, 9.17) is 4.74 Å². The molecule has 0 radical (unpaired) electrons. The van der Waals surface area contributed by atoms with Crippen LogP contribution in [0.4, 0.5) is 17.6 Å². The molecule has 5 heteroatoms. The molecule has 0 saturated heterocycles. The van der Waals surface area contributed by atoms with Gasteiger partial charge in [0.25, 0.3) is 0 Å². The molecule has 2 aromatic carbocycles. The summed E-state index contributed by atoms with van der Waals surface area (Å²) in [4.78, 5) is 0. The second-order valence-corrected chi connectivity index (χ2v) is 7.10. The van der Waals surface area contributed by atoms with Gasteiger partial charge in [-0.3, -0.25) is 0 Å². The number of hydrogen-bond acceptors (Lipinski definition) is 1. The van der Waals surface area contributed by atoms with Gasteiger partial charge in [-0.1, -0.05) is 25.5 Å². The molecule has 0 N–H and O–H groups in total. The largest absolute Gasteiger partial charge is 0.376 e. The van der Waals surface area contributed by atoms with Crippen molar-refractivity contribution in [3.8, 4) is 11.1 Å². The van der Waals surface area contributed by atoms with Gasteiger partial charge in [-0.05, 0) is 54.0 Å². The van der Waals surface area contributed by atoms with Crippen molar-refractivity contribution in [3.63, 3.8) is 0 Å². The molecule has 27 heavy (non-hydrogen) atoms. The van der Waals surface area contributed by atoms with Crippen molar-refractivity contribution in [2.24, 2.45) is 0 Å². The maximum Gasteiger partial charge on any atom is 0.167 e. The standard InChI is InChI=1S/C22H20F4O/c1-2-4-14-9-12-6-7-13-10-16(15-5-3-8-27-11-15)20(24)22(26)18(13)17(12)21(25)19(14)23/h5,9-10H,2-4,6-8,11H2,1H3. The SMILES string of the molecule is CCCc1cc2c(c(F)c1F)-c1c(cc(C3=CCCOC3)c(F)c1F)CC2. The van der Waals surface area contributed by atoms with E-state index in [-0.39, 0.29) is 23.3 Å². The van der Waals surface area contributed by atoms with Crippen LogP contribution < -0.4 is 0 Å². The molecular formula is C22H20F4O. The molecule has 4 rings (SSSR count). The summed E-state index contributed by atoms with van der Waals surface area (Å²) in [5.74, 6) is -4.19. The lowest BCUT2D eigenvalue weighted by molar-refractivity contribution is 0.164. The summed E-state index contributed by atoms with van der Waals surface area (Å²) in [6.45, 7) is 2.65. The first kappa shape index (κ1) is 18.2. The van der Waals surface area contributed by atoms with Gasteiger partial charge in [0.1, 0.15) is 0 Å². The van der Waals surface area contributed by atoms with E-state index in [1.54, 1.807) is 12.1 Å². The molecule has 1 aliphatic carbocycles. The number of aryl methyl sites for hydroxylation is 3. The van der Waals surface area contributed by atoms with Crippen molar-refractivity contribution in [2.75, 3.05) is 13.2 Å². The van der Waals surface area contributed by atoms with Gasteiger partial charge in [-0.2, -0.15) is 0 Å². The van der Waals surface area contributed by atoms with Crippen molar-refractivity contribution < 1.29 is 22.3 Å². The summed E-state index contributed by atoms with van der Waals surface area (Å²) in [6, 6.07) is 3.16. The molecule has 0 amide bonds. The number of hydrogen-bond donors (Lipinski definition) is 0. The van der Waals surface area contributed by atoms with Crippen LogP contribution in [0.5, 0.6) is 0 Å². The molecule has 0 fully saturated rings. The fourth-order valence-electron chi connectivity index (χ4n) is 4.05. The van der Waals surface area contributed by atoms with Crippen molar-refractivity contribution in [2.45, 2.75) is 39.0 Å². The van der Waals surface area contributed by atoms with Crippen molar-refractivity contribution in [3.05, 3.63) is 63.7 Å². The normalized spacial score (nSPS) is 16.0. The Morgan fingerprint density at radius 2 is 1.56 bits per heavy atom. The zero-order valence-electron chi connectivity index (χ0n) is 15.1. The number of halogens is 4. The first-order valence-electron chi connectivity index (χ1n) is 9.31. The molecule has 1 heterocycles. The molecule has 0 aromatic heterocycles. The zero-order valence-corrected chi connectivity index (χ0v) is 15.1. The maximum atomic E-state index is 15.0. The van der Waals surface area contributed by atoms with E-state index in [2.05, 4.69) is 0 Å². The topological polar surface area (TPSA) is 9.23 Å². The van der Waals surface area contributed by atoms with Gasteiger partial charge >= 0.3 is 0 Å². The summed E-state index contributed by atoms with van der Waals surface area (Å²) in [5, 5.41) is 0. The minimum atomic E-state index is -1.11. The van der Waals surface area contributed by atoms with E-state index in [9.17, 15) is 13.2 Å². The highest BCUT2D eigenvalue weighted by molar-refractivity contribution is 5.79. The Labute approximate surface area is 155 Å². The highest BCUT2D eigenvalue weighted by Gasteiger charge is 2.30. The van der Waals surface area contributed by atoms with Crippen LogP contribution in [0.2, 0.25) is 0 Å². The molecule has 1 aliphatic heterocycles. The third kappa shape index (κ3) is 2.98. The van der Waals surface area contributed by atoms with Crippen LogP contribution in [0, 0.1) is 23.3 Å². The predicted octanol–water partition coefficient (Wildman–Crippen LogP) is 5.76. The summed E-state index contributed by atoms with van der Waals surface area (Å²) in [6.07, 6.45) is 4.48. The second-order valence-electron chi connectivity index (χ2n) is 7.10. The van der Waals surface area contributed by atoms with Crippen LogP contribution >= 0.6 is 0 Å². The Hall–Kier alpha value is -2.14. The Kier molecular flexibility index (Phi) is 4.81. The number of benzene rings is 2. The summed E-state index contributed by atoms with van der Waals surface area (Å²) in [7, 11) is 0. The summed E-state index contributed by atoms with van der Waals surface area (Å²) >= 11 is 0. The van der Waals surface area contributed by atoms with Gasteiger partial charge in [0.15, 0.2) is 23.3 Å². The highest BCUT2D eigenvalue weighted by Crippen LogP contribution is 2.42. The Morgan fingerprint density at radius 3 is 2.19 bits per heavy atom. The van der Waals surface area contributed by atoms with E-state index in [1.807, 2.05) is 13.0 Å². The maximum absolute atomic E-state index is 15.0. The van der Waals surface area contributed by atoms with Crippen molar-refractivity contribution in [1.82, 2.24) is 0 Å². The molecule has 142 valence electrons. The van der Waals surface area contributed by atoms with E-state index >= 15 is 4.39 Å². The van der Waals surface area contributed by atoms with Crippen LogP contribution in [-0.2, 0) is 24.0 Å².